The number of benzene rings is 1. The van der Waals surface area contributed by atoms with E-state index in [0.717, 1.165) is 31.5 Å². The molecule has 1 heterocycles. The molecule has 18 heavy (non-hydrogen) atoms. The van der Waals surface area contributed by atoms with Gasteiger partial charge < -0.3 is 10.2 Å². The summed E-state index contributed by atoms with van der Waals surface area (Å²) in [4.78, 5) is 13.8. The number of nitrogens with one attached hydrogen (secondary N) is 1. The Morgan fingerprint density at radius 1 is 1.44 bits per heavy atom. The first kappa shape index (κ1) is 13.0. The van der Waals surface area contributed by atoms with E-state index in [1.165, 1.54) is 12.1 Å². The van der Waals surface area contributed by atoms with E-state index in [9.17, 15) is 9.18 Å². The first-order valence-corrected chi connectivity index (χ1v) is 6.37. The zero-order valence-electron chi connectivity index (χ0n) is 10.7. The summed E-state index contributed by atoms with van der Waals surface area (Å²) in [7, 11) is 1.84. The van der Waals surface area contributed by atoms with Crippen LogP contribution in [0, 0.1) is 11.7 Å². The number of nitrogens with zero attached hydrogens (tertiary/aromatic N) is 1. The SMILES string of the molecule is CN(CCc1ccc(F)cc1)C(=O)C1CCNC1. The van der Waals surface area contributed by atoms with Gasteiger partial charge in [0.05, 0.1) is 5.92 Å². The number of rotatable bonds is 4. The van der Waals surface area contributed by atoms with E-state index in [0.29, 0.717) is 6.54 Å². The topological polar surface area (TPSA) is 32.3 Å². The average Bonchev–Trinajstić information content (AvgIpc) is 2.90. The minimum atomic E-state index is -0.222. The summed E-state index contributed by atoms with van der Waals surface area (Å²) in [6.45, 7) is 2.41. The van der Waals surface area contributed by atoms with Crippen LogP contribution in [0.5, 0.6) is 0 Å². The van der Waals surface area contributed by atoms with Crippen molar-refractivity contribution < 1.29 is 9.18 Å². The molecule has 4 heteroatoms. The first-order valence-electron chi connectivity index (χ1n) is 6.37. The second kappa shape index (κ2) is 5.96. The van der Waals surface area contributed by atoms with Crippen LogP contribution in [-0.4, -0.2) is 37.5 Å². The van der Waals surface area contributed by atoms with Gasteiger partial charge in [-0.2, -0.15) is 0 Å². The minimum absolute atomic E-state index is 0.128. The number of carbonyl (C=O) groups is 1. The van der Waals surface area contributed by atoms with Crippen molar-refractivity contribution in [1.29, 1.82) is 0 Å². The zero-order chi connectivity index (χ0) is 13.0. The molecule has 0 radical (unpaired) electrons. The van der Waals surface area contributed by atoms with E-state index in [1.807, 2.05) is 7.05 Å². The van der Waals surface area contributed by atoms with Crippen LogP contribution in [-0.2, 0) is 11.2 Å². The molecule has 1 amide bonds. The van der Waals surface area contributed by atoms with Crippen molar-refractivity contribution in [3.05, 3.63) is 35.6 Å². The van der Waals surface area contributed by atoms with Crippen LogP contribution in [0.4, 0.5) is 4.39 Å². The van der Waals surface area contributed by atoms with Crippen molar-refractivity contribution >= 4 is 5.91 Å². The molecular weight excluding hydrogens is 231 g/mol. The fourth-order valence-corrected chi connectivity index (χ4v) is 2.24. The Morgan fingerprint density at radius 3 is 2.78 bits per heavy atom. The Morgan fingerprint density at radius 2 is 2.17 bits per heavy atom. The molecule has 0 spiro atoms. The van der Waals surface area contributed by atoms with Gasteiger partial charge in [0.2, 0.25) is 5.91 Å². The smallest absolute Gasteiger partial charge is 0.226 e. The molecule has 1 aromatic carbocycles. The summed E-state index contributed by atoms with van der Waals surface area (Å²) in [5.41, 5.74) is 1.06. The Labute approximate surface area is 107 Å². The van der Waals surface area contributed by atoms with Gasteiger partial charge in [-0.05, 0) is 37.1 Å². The molecule has 1 aliphatic rings. The Balaban J connectivity index is 1.82. The molecule has 1 atom stereocenters. The van der Waals surface area contributed by atoms with Crippen LogP contribution in [0.1, 0.15) is 12.0 Å². The first-order chi connectivity index (χ1) is 8.66. The molecule has 1 aliphatic heterocycles. The van der Waals surface area contributed by atoms with Crippen molar-refractivity contribution in [2.45, 2.75) is 12.8 Å². The van der Waals surface area contributed by atoms with E-state index >= 15 is 0 Å². The quantitative estimate of drug-likeness (QED) is 0.877. The standard InChI is InChI=1S/C14H19FN2O/c1-17(14(18)12-6-8-16-10-12)9-7-11-2-4-13(15)5-3-11/h2-5,12,16H,6-10H2,1H3. The third-order valence-corrected chi connectivity index (χ3v) is 3.43. The lowest BCUT2D eigenvalue weighted by Gasteiger charge is -2.20. The number of hydrogen-bond donors (Lipinski definition) is 1. The lowest BCUT2D eigenvalue weighted by atomic mass is 10.1. The Kier molecular flexibility index (Phi) is 4.31. The average molecular weight is 250 g/mol. The van der Waals surface area contributed by atoms with Gasteiger partial charge in [-0.25, -0.2) is 4.39 Å². The highest BCUT2D eigenvalue weighted by atomic mass is 19.1. The van der Waals surface area contributed by atoms with Crippen LogP contribution in [0.15, 0.2) is 24.3 Å². The zero-order valence-corrected chi connectivity index (χ0v) is 10.7. The van der Waals surface area contributed by atoms with Gasteiger partial charge in [0, 0.05) is 20.1 Å². The Bertz CT molecular complexity index is 399. The molecular formula is C14H19FN2O. The van der Waals surface area contributed by atoms with Crippen molar-refractivity contribution in [2.24, 2.45) is 5.92 Å². The molecule has 0 aromatic heterocycles. The van der Waals surface area contributed by atoms with Gasteiger partial charge >= 0.3 is 0 Å². The van der Waals surface area contributed by atoms with E-state index in [-0.39, 0.29) is 17.6 Å². The second-order valence-electron chi connectivity index (χ2n) is 4.83. The molecule has 1 N–H and O–H groups in total. The highest BCUT2D eigenvalue weighted by molar-refractivity contribution is 5.79. The van der Waals surface area contributed by atoms with E-state index in [2.05, 4.69) is 5.32 Å². The number of amides is 1. The number of halogens is 1. The molecule has 0 aliphatic carbocycles. The van der Waals surface area contributed by atoms with Crippen molar-refractivity contribution in [1.82, 2.24) is 10.2 Å². The predicted molar refractivity (Wildman–Crippen MR) is 68.7 cm³/mol. The highest BCUT2D eigenvalue weighted by Crippen LogP contribution is 2.11. The summed E-state index contributed by atoms with van der Waals surface area (Å²) in [5.74, 6) is 0.116. The molecule has 98 valence electrons. The highest BCUT2D eigenvalue weighted by Gasteiger charge is 2.24. The van der Waals surface area contributed by atoms with Crippen LogP contribution in [0.25, 0.3) is 0 Å². The van der Waals surface area contributed by atoms with E-state index in [4.69, 9.17) is 0 Å². The molecule has 1 aromatic rings. The molecule has 0 bridgehead atoms. The maximum Gasteiger partial charge on any atom is 0.226 e. The molecule has 1 fully saturated rings. The van der Waals surface area contributed by atoms with Crippen LogP contribution in [0.2, 0.25) is 0 Å². The summed E-state index contributed by atoms with van der Waals surface area (Å²) in [6, 6.07) is 6.45. The van der Waals surface area contributed by atoms with Gasteiger partial charge in [-0.15, -0.1) is 0 Å². The van der Waals surface area contributed by atoms with Gasteiger partial charge in [0.1, 0.15) is 5.82 Å². The predicted octanol–water partition coefficient (Wildman–Crippen LogP) is 1.44. The molecule has 1 saturated heterocycles. The number of hydrogen-bond acceptors (Lipinski definition) is 2. The normalized spacial score (nSPS) is 18.9. The summed E-state index contributed by atoms with van der Waals surface area (Å²) in [6.07, 6.45) is 1.70. The fourth-order valence-electron chi connectivity index (χ4n) is 2.24. The second-order valence-corrected chi connectivity index (χ2v) is 4.83. The van der Waals surface area contributed by atoms with E-state index < -0.39 is 0 Å². The van der Waals surface area contributed by atoms with Crippen molar-refractivity contribution in [3.8, 4) is 0 Å². The van der Waals surface area contributed by atoms with Gasteiger partial charge in [-0.3, -0.25) is 4.79 Å². The minimum Gasteiger partial charge on any atom is -0.345 e. The maximum atomic E-state index is 12.7. The molecule has 3 nitrogen and oxygen atoms in total. The summed E-state index contributed by atoms with van der Waals surface area (Å²) >= 11 is 0. The summed E-state index contributed by atoms with van der Waals surface area (Å²) < 4.78 is 12.7. The largest absolute Gasteiger partial charge is 0.345 e. The van der Waals surface area contributed by atoms with Crippen molar-refractivity contribution in [3.63, 3.8) is 0 Å². The van der Waals surface area contributed by atoms with Crippen LogP contribution < -0.4 is 5.32 Å². The molecule has 2 rings (SSSR count). The van der Waals surface area contributed by atoms with Gasteiger partial charge in [0.25, 0.3) is 0 Å². The van der Waals surface area contributed by atoms with E-state index in [1.54, 1.807) is 17.0 Å². The lowest BCUT2D eigenvalue weighted by molar-refractivity contribution is -0.133. The van der Waals surface area contributed by atoms with Crippen LogP contribution in [0.3, 0.4) is 0 Å². The summed E-state index contributed by atoms with van der Waals surface area (Å²) in [5, 5.41) is 3.20. The van der Waals surface area contributed by atoms with Gasteiger partial charge in [-0.1, -0.05) is 12.1 Å². The monoisotopic (exact) mass is 250 g/mol. The van der Waals surface area contributed by atoms with Crippen LogP contribution >= 0.6 is 0 Å². The third kappa shape index (κ3) is 3.29. The number of carbonyl (C=O) groups excluding carboxylic acids is 1. The van der Waals surface area contributed by atoms with Crippen molar-refractivity contribution in [2.75, 3.05) is 26.7 Å². The number of likely N-dealkylation sites (N-methyl/N-ethyl adjacent to an activating group) is 1. The Hall–Kier alpha value is -1.42. The van der Waals surface area contributed by atoms with Gasteiger partial charge in [0.15, 0.2) is 0 Å². The lowest BCUT2D eigenvalue weighted by Crippen LogP contribution is -2.35. The fraction of sp³-hybridized carbons (Fsp3) is 0.500. The molecule has 1 unspecified atom stereocenters. The third-order valence-electron chi connectivity index (χ3n) is 3.43. The maximum absolute atomic E-state index is 12.7. The molecule has 0 saturated carbocycles.